The minimum atomic E-state index is -0.330. The molecule has 0 aliphatic rings. The maximum absolute atomic E-state index is 10.6. The lowest BCUT2D eigenvalue weighted by Gasteiger charge is -2.12. The average Bonchev–Trinajstić information content (AvgIpc) is 2.04. The summed E-state index contributed by atoms with van der Waals surface area (Å²) >= 11 is 0. The molecule has 0 saturated carbocycles. The number of rotatable bonds is 6. The van der Waals surface area contributed by atoms with Crippen molar-refractivity contribution >= 4 is 5.91 Å². The molecule has 0 aliphatic heterocycles. The fraction of sp³-hybridized carbons (Fsp3) is 0.700. The van der Waals surface area contributed by atoms with Gasteiger partial charge in [-0.2, -0.15) is 0 Å². The van der Waals surface area contributed by atoms with E-state index in [0.717, 1.165) is 24.8 Å². The molecule has 0 fully saturated rings. The van der Waals surface area contributed by atoms with Crippen molar-refractivity contribution in [2.45, 2.75) is 45.6 Å². The van der Waals surface area contributed by atoms with Gasteiger partial charge < -0.3 is 11.5 Å². The van der Waals surface area contributed by atoms with Crippen LogP contribution in [0.1, 0.15) is 39.5 Å². The van der Waals surface area contributed by atoms with Gasteiger partial charge in [0.15, 0.2) is 0 Å². The van der Waals surface area contributed by atoms with Crippen LogP contribution in [0.5, 0.6) is 0 Å². The van der Waals surface area contributed by atoms with E-state index in [1.54, 1.807) is 0 Å². The van der Waals surface area contributed by atoms with Crippen LogP contribution in [0, 0.1) is 0 Å². The van der Waals surface area contributed by atoms with E-state index in [-0.39, 0.29) is 18.4 Å². The Hall–Kier alpha value is -0.830. The average molecular weight is 184 g/mol. The minimum absolute atomic E-state index is 0.186. The van der Waals surface area contributed by atoms with Crippen LogP contribution >= 0.6 is 0 Å². The highest BCUT2D eigenvalue weighted by molar-refractivity contribution is 5.74. The maximum atomic E-state index is 10.6. The van der Waals surface area contributed by atoms with Crippen molar-refractivity contribution in [3.05, 3.63) is 11.6 Å². The second-order valence-corrected chi connectivity index (χ2v) is 3.20. The predicted molar refractivity (Wildman–Crippen MR) is 55.1 cm³/mol. The molecule has 3 nitrogen and oxygen atoms in total. The zero-order valence-corrected chi connectivity index (χ0v) is 8.55. The fourth-order valence-corrected chi connectivity index (χ4v) is 1.24. The number of nitrogens with two attached hydrogens (primary N) is 2. The molecule has 0 spiro atoms. The summed E-state index contributed by atoms with van der Waals surface area (Å²) in [5, 5.41) is 0. The second-order valence-electron chi connectivity index (χ2n) is 3.20. The van der Waals surface area contributed by atoms with E-state index in [1.807, 2.05) is 6.92 Å². The van der Waals surface area contributed by atoms with Gasteiger partial charge in [0.25, 0.3) is 0 Å². The van der Waals surface area contributed by atoms with Crippen LogP contribution in [0.2, 0.25) is 0 Å². The molecule has 3 heteroatoms. The summed E-state index contributed by atoms with van der Waals surface area (Å²) in [6, 6.07) is -0.186. The summed E-state index contributed by atoms with van der Waals surface area (Å²) in [4.78, 5) is 10.6. The number of hydrogen-bond acceptors (Lipinski definition) is 2. The van der Waals surface area contributed by atoms with Crippen molar-refractivity contribution in [3.8, 4) is 0 Å². The van der Waals surface area contributed by atoms with Crippen molar-refractivity contribution in [1.29, 1.82) is 0 Å². The molecule has 0 saturated heterocycles. The van der Waals surface area contributed by atoms with Gasteiger partial charge in [0.2, 0.25) is 5.91 Å². The van der Waals surface area contributed by atoms with E-state index >= 15 is 0 Å². The van der Waals surface area contributed by atoms with Gasteiger partial charge in [0.05, 0.1) is 0 Å². The van der Waals surface area contributed by atoms with Gasteiger partial charge in [-0.15, -0.1) is 0 Å². The third-order valence-corrected chi connectivity index (χ3v) is 2.00. The molecule has 0 radical (unpaired) electrons. The second kappa shape index (κ2) is 6.66. The Labute approximate surface area is 80.2 Å². The first kappa shape index (κ1) is 12.2. The van der Waals surface area contributed by atoms with Crippen LogP contribution in [0.15, 0.2) is 11.6 Å². The Kier molecular flexibility index (Phi) is 6.24. The van der Waals surface area contributed by atoms with Gasteiger partial charge in [0.1, 0.15) is 0 Å². The monoisotopic (exact) mass is 184 g/mol. The Morgan fingerprint density at radius 2 is 2.08 bits per heavy atom. The minimum Gasteiger partial charge on any atom is -0.370 e. The van der Waals surface area contributed by atoms with E-state index in [0.29, 0.717) is 0 Å². The van der Waals surface area contributed by atoms with Gasteiger partial charge in [-0.1, -0.05) is 31.9 Å². The fourth-order valence-electron chi connectivity index (χ4n) is 1.24. The zero-order chi connectivity index (χ0) is 10.3. The van der Waals surface area contributed by atoms with E-state index in [9.17, 15) is 4.79 Å². The summed E-state index contributed by atoms with van der Waals surface area (Å²) in [5.74, 6) is -0.330. The zero-order valence-electron chi connectivity index (χ0n) is 8.55. The Morgan fingerprint density at radius 1 is 1.46 bits per heavy atom. The molecule has 0 bridgehead atoms. The highest BCUT2D eigenvalue weighted by atomic mass is 16.1. The molecule has 0 aromatic heterocycles. The smallest absolute Gasteiger partial charge is 0.219 e. The Balaban J connectivity index is 4.13. The number of carbonyl (C=O) groups is 1. The number of primary amides is 1. The number of hydrogen-bond donors (Lipinski definition) is 2. The molecule has 1 atom stereocenters. The Bertz CT molecular complexity index is 187. The van der Waals surface area contributed by atoms with Crippen LogP contribution in [0.4, 0.5) is 0 Å². The summed E-state index contributed by atoms with van der Waals surface area (Å²) in [6.07, 6.45) is 5.40. The first-order valence-electron chi connectivity index (χ1n) is 4.84. The lowest BCUT2D eigenvalue weighted by molar-refractivity contribution is -0.118. The van der Waals surface area contributed by atoms with E-state index in [2.05, 4.69) is 13.0 Å². The lowest BCUT2D eigenvalue weighted by atomic mass is 10.0. The predicted octanol–water partition coefficient (Wildman–Crippen LogP) is 1.33. The van der Waals surface area contributed by atoms with Crippen LogP contribution in [-0.2, 0) is 4.79 Å². The third kappa shape index (κ3) is 5.42. The van der Waals surface area contributed by atoms with E-state index in [1.165, 1.54) is 0 Å². The van der Waals surface area contributed by atoms with Gasteiger partial charge in [-0.25, -0.2) is 0 Å². The van der Waals surface area contributed by atoms with E-state index < -0.39 is 0 Å². The SMILES string of the molecule is CCC/C=C(\CC)C(N)CC(N)=O. The van der Waals surface area contributed by atoms with Gasteiger partial charge >= 0.3 is 0 Å². The third-order valence-electron chi connectivity index (χ3n) is 2.00. The van der Waals surface area contributed by atoms with Crippen molar-refractivity contribution in [2.24, 2.45) is 11.5 Å². The summed E-state index contributed by atoms with van der Waals surface area (Å²) < 4.78 is 0. The molecule has 0 aromatic carbocycles. The van der Waals surface area contributed by atoms with Crippen molar-refractivity contribution in [2.75, 3.05) is 0 Å². The largest absolute Gasteiger partial charge is 0.370 e. The van der Waals surface area contributed by atoms with Crippen LogP contribution in [0.25, 0.3) is 0 Å². The molecule has 0 aromatic rings. The molecule has 76 valence electrons. The van der Waals surface area contributed by atoms with Gasteiger partial charge in [0, 0.05) is 12.5 Å². The van der Waals surface area contributed by atoms with Crippen LogP contribution < -0.4 is 11.5 Å². The normalized spacial score (nSPS) is 14.2. The van der Waals surface area contributed by atoms with Crippen molar-refractivity contribution in [3.63, 3.8) is 0 Å². The standard InChI is InChI=1S/C10H20N2O/c1-3-5-6-8(4-2)9(11)7-10(12)13/h6,9H,3-5,7,11H2,1-2H3,(H2,12,13)/b8-6+. The topological polar surface area (TPSA) is 69.1 Å². The number of unbranched alkanes of at least 4 members (excludes halogenated alkanes) is 1. The quantitative estimate of drug-likeness (QED) is 0.611. The maximum Gasteiger partial charge on any atom is 0.219 e. The summed E-state index contributed by atoms with van der Waals surface area (Å²) in [6.45, 7) is 4.16. The first-order valence-corrected chi connectivity index (χ1v) is 4.84. The molecule has 13 heavy (non-hydrogen) atoms. The lowest BCUT2D eigenvalue weighted by Crippen LogP contribution is -2.29. The molecular formula is C10H20N2O. The molecule has 0 aliphatic carbocycles. The highest BCUT2D eigenvalue weighted by Gasteiger charge is 2.09. The summed E-state index contributed by atoms with van der Waals surface area (Å²) in [7, 11) is 0. The number of allylic oxidation sites excluding steroid dienone is 1. The number of amides is 1. The Morgan fingerprint density at radius 3 is 2.46 bits per heavy atom. The van der Waals surface area contributed by atoms with Gasteiger partial charge in [-0.3, -0.25) is 4.79 Å². The van der Waals surface area contributed by atoms with Crippen LogP contribution in [-0.4, -0.2) is 11.9 Å². The first-order chi connectivity index (χ1) is 6.11. The van der Waals surface area contributed by atoms with Gasteiger partial charge in [-0.05, 0) is 12.8 Å². The molecule has 4 N–H and O–H groups in total. The molecular weight excluding hydrogens is 164 g/mol. The van der Waals surface area contributed by atoms with E-state index in [4.69, 9.17) is 11.5 Å². The van der Waals surface area contributed by atoms with Crippen LogP contribution in [0.3, 0.4) is 0 Å². The highest BCUT2D eigenvalue weighted by Crippen LogP contribution is 2.10. The number of carbonyl (C=O) groups excluding carboxylic acids is 1. The summed E-state index contributed by atoms with van der Waals surface area (Å²) in [5.41, 5.74) is 12.0. The van der Waals surface area contributed by atoms with Crippen molar-refractivity contribution in [1.82, 2.24) is 0 Å². The molecule has 0 heterocycles. The molecule has 0 rings (SSSR count). The molecule has 1 amide bonds. The van der Waals surface area contributed by atoms with Crippen molar-refractivity contribution < 1.29 is 4.79 Å². The molecule has 1 unspecified atom stereocenters.